The van der Waals surface area contributed by atoms with Crippen molar-refractivity contribution in [2.75, 3.05) is 6.54 Å². The van der Waals surface area contributed by atoms with Gasteiger partial charge in [-0.3, -0.25) is 0 Å². The van der Waals surface area contributed by atoms with Crippen LogP contribution in [-0.4, -0.2) is 23.6 Å². The largest absolute Gasteiger partial charge is 0.409 e. The van der Waals surface area contributed by atoms with Gasteiger partial charge in [0.1, 0.15) is 5.84 Å². The Labute approximate surface area is 73.8 Å². The normalized spacial score (nSPS) is 12.4. The van der Waals surface area contributed by atoms with E-state index in [9.17, 15) is 0 Å². The van der Waals surface area contributed by atoms with E-state index in [1.165, 1.54) is 0 Å². The first-order chi connectivity index (χ1) is 5.74. The second-order valence-electron chi connectivity index (χ2n) is 2.81. The van der Waals surface area contributed by atoms with Crippen LogP contribution >= 0.6 is 0 Å². The Morgan fingerprint density at radius 2 is 2.08 bits per heavy atom. The van der Waals surface area contributed by atoms with Gasteiger partial charge in [0.2, 0.25) is 0 Å². The third-order valence-corrected chi connectivity index (χ3v) is 1.93. The molecular weight excluding hydrogens is 154 g/mol. The first-order valence-electron chi connectivity index (χ1n) is 4.44. The van der Waals surface area contributed by atoms with Crippen molar-refractivity contribution in [3.63, 3.8) is 0 Å². The number of amidine groups is 1. The molecule has 4 nitrogen and oxygen atoms in total. The van der Waals surface area contributed by atoms with Crippen LogP contribution in [0.2, 0.25) is 0 Å². The lowest BCUT2D eigenvalue weighted by Gasteiger charge is -2.13. The molecule has 0 aliphatic rings. The summed E-state index contributed by atoms with van der Waals surface area (Å²) in [6, 6.07) is 0.552. The van der Waals surface area contributed by atoms with Crippen molar-refractivity contribution in [2.45, 2.75) is 39.2 Å². The first-order valence-corrected chi connectivity index (χ1v) is 4.44. The molecule has 0 aromatic rings. The van der Waals surface area contributed by atoms with Gasteiger partial charge in [0, 0.05) is 19.0 Å². The Bertz CT molecular complexity index is 132. The summed E-state index contributed by atoms with van der Waals surface area (Å²) in [6.45, 7) is 5.07. The van der Waals surface area contributed by atoms with E-state index < -0.39 is 0 Å². The standard InChI is InChI=1S/C8H19N3O/c1-3-7(4-2)10-6-5-8(9)11-12/h7,10,12H,3-6H2,1-2H3,(H2,9,11). The summed E-state index contributed by atoms with van der Waals surface area (Å²) in [7, 11) is 0. The molecule has 0 rings (SSSR count). The SMILES string of the molecule is CCC(CC)NCCC(N)=NO. The minimum absolute atomic E-state index is 0.286. The van der Waals surface area contributed by atoms with Crippen LogP contribution in [0.5, 0.6) is 0 Å². The zero-order chi connectivity index (χ0) is 9.40. The van der Waals surface area contributed by atoms with Gasteiger partial charge in [0.15, 0.2) is 0 Å². The average molecular weight is 173 g/mol. The fourth-order valence-corrected chi connectivity index (χ4v) is 1.03. The summed E-state index contributed by atoms with van der Waals surface area (Å²) in [6.07, 6.45) is 2.84. The van der Waals surface area contributed by atoms with Gasteiger partial charge in [-0.1, -0.05) is 19.0 Å². The van der Waals surface area contributed by atoms with Crippen LogP contribution in [0.15, 0.2) is 5.16 Å². The molecular formula is C8H19N3O. The van der Waals surface area contributed by atoms with Gasteiger partial charge in [-0.2, -0.15) is 0 Å². The monoisotopic (exact) mass is 173 g/mol. The number of nitrogens with zero attached hydrogens (tertiary/aromatic N) is 1. The van der Waals surface area contributed by atoms with Gasteiger partial charge in [0.25, 0.3) is 0 Å². The fraction of sp³-hybridized carbons (Fsp3) is 0.875. The maximum absolute atomic E-state index is 8.25. The van der Waals surface area contributed by atoms with E-state index in [1.807, 2.05) is 0 Å². The highest BCUT2D eigenvalue weighted by atomic mass is 16.4. The Hall–Kier alpha value is -0.770. The number of nitrogens with one attached hydrogen (secondary N) is 1. The molecule has 12 heavy (non-hydrogen) atoms. The number of hydrogen-bond donors (Lipinski definition) is 3. The van der Waals surface area contributed by atoms with Crippen molar-refractivity contribution in [3.8, 4) is 0 Å². The van der Waals surface area contributed by atoms with Gasteiger partial charge in [0.05, 0.1) is 0 Å². The zero-order valence-electron chi connectivity index (χ0n) is 7.88. The molecule has 0 aromatic carbocycles. The van der Waals surface area contributed by atoms with Crippen LogP contribution in [-0.2, 0) is 0 Å². The third kappa shape index (κ3) is 4.96. The van der Waals surface area contributed by atoms with E-state index in [2.05, 4.69) is 24.3 Å². The summed E-state index contributed by atoms with van der Waals surface area (Å²) < 4.78 is 0. The predicted octanol–water partition coefficient (Wildman–Crippen LogP) is 0.901. The lowest BCUT2D eigenvalue weighted by molar-refractivity contribution is 0.316. The summed E-state index contributed by atoms with van der Waals surface area (Å²) in [5.74, 6) is 0.286. The van der Waals surface area contributed by atoms with Crippen molar-refractivity contribution in [1.82, 2.24) is 5.32 Å². The molecule has 0 unspecified atom stereocenters. The second kappa shape index (κ2) is 6.91. The van der Waals surface area contributed by atoms with Crippen molar-refractivity contribution >= 4 is 5.84 Å². The first kappa shape index (κ1) is 11.2. The second-order valence-corrected chi connectivity index (χ2v) is 2.81. The quantitative estimate of drug-likeness (QED) is 0.242. The molecule has 0 atom stereocenters. The lowest BCUT2D eigenvalue weighted by atomic mass is 10.2. The number of oxime groups is 1. The number of hydrogen-bond acceptors (Lipinski definition) is 3. The highest BCUT2D eigenvalue weighted by Crippen LogP contribution is 1.95. The molecule has 72 valence electrons. The highest BCUT2D eigenvalue weighted by molar-refractivity contribution is 5.79. The van der Waals surface area contributed by atoms with Crippen LogP contribution in [0.3, 0.4) is 0 Å². The maximum atomic E-state index is 8.25. The summed E-state index contributed by atoms with van der Waals surface area (Å²) in [5.41, 5.74) is 5.30. The van der Waals surface area contributed by atoms with Crippen LogP contribution in [0.1, 0.15) is 33.1 Å². The molecule has 0 heterocycles. The van der Waals surface area contributed by atoms with Crippen molar-refractivity contribution in [1.29, 1.82) is 0 Å². The van der Waals surface area contributed by atoms with E-state index in [0.717, 1.165) is 19.4 Å². The predicted molar refractivity (Wildman–Crippen MR) is 50.4 cm³/mol. The van der Waals surface area contributed by atoms with E-state index in [-0.39, 0.29) is 5.84 Å². The Morgan fingerprint density at radius 1 is 1.50 bits per heavy atom. The summed E-state index contributed by atoms with van der Waals surface area (Å²) in [4.78, 5) is 0. The number of nitrogens with two attached hydrogens (primary N) is 1. The van der Waals surface area contributed by atoms with Gasteiger partial charge in [-0.05, 0) is 12.8 Å². The molecule has 0 bridgehead atoms. The molecule has 0 saturated carbocycles. The topological polar surface area (TPSA) is 70.6 Å². The molecule has 0 aliphatic carbocycles. The smallest absolute Gasteiger partial charge is 0.140 e. The third-order valence-electron chi connectivity index (χ3n) is 1.93. The summed E-state index contributed by atoms with van der Waals surface area (Å²) >= 11 is 0. The molecule has 0 saturated heterocycles. The van der Waals surface area contributed by atoms with Gasteiger partial charge in [-0.25, -0.2) is 0 Å². The Kier molecular flexibility index (Phi) is 6.47. The van der Waals surface area contributed by atoms with Gasteiger partial charge >= 0.3 is 0 Å². The minimum atomic E-state index is 0.286. The minimum Gasteiger partial charge on any atom is -0.409 e. The summed E-state index contributed by atoms with van der Waals surface area (Å²) in [5, 5.41) is 14.5. The Morgan fingerprint density at radius 3 is 2.50 bits per heavy atom. The van der Waals surface area contributed by atoms with E-state index >= 15 is 0 Å². The molecule has 0 amide bonds. The van der Waals surface area contributed by atoms with Crippen LogP contribution in [0.25, 0.3) is 0 Å². The van der Waals surface area contributed by atoms with Crippen molar-refractivity contribution in [3.05, 3.63) is 0 Å². The number of rotatable bonds is 6. The molecule has 4 N–H and O–H groups in total. The zero-order valence-corrected chi connectivity index (χ0v) is 7.88. The van der Waals surface area contributed by atoms with Crippen molar-refractivity contribution in [2.24, 2.45) is 10.9 Å². The molecule has 0 aliphatic heterocycles. The van der Waals surface area contributed by atoms with E-state index in [1.54, 1.807) is 0 Å². The van der Waals surface area contributed by atoms with E-state index in [0.29, 0.717) is 12.5 Å². The molecule has 0 aromatic heterocycles. The highest BCUT2D eigenvalue weighted by Gasteiger charge is 2.01. The fourth-order valence-electron chi connectivity index (χ4n) is 1.03. The van der Waals surface area contributed by atoms with Gasteiger partial charge < -0.3 is 16.3 Å². The van der Waals surface area contributed by atoms with Crippen molar-refractivity contribution < 1.29 is 5.21 Å². The molecule has 0 spiro atoms. The average Bonchev–Trinajstić information content (AvgIpc) is 2.12. The van der Waals surface area contributed by atoms with Crippen LogP contribution < -0.4 is 11.1 Å². The van der Waals surface area contributed by atoms with Crippen LogP contribution in [0.4, 0.5) is 0 Å². The molecule has 0 fully saturated rings. The molecule has 0 radical (unpaired) electrons. The van der Waals surface area contributed by atoms with E-state index in [4.69, 9.17) is 10.9 Å². The maximum Gasteiger partial charge on any atom is 0.140 e. The Balaban J connectivity index is 3.41. The lowest BCUT2D eigenvalue weighted by Crippen LogP contribution is -2.31. The molecule has 4 heteroatoms. The van der Waals surface area contributed by atoms with Crippen LogP contribution in [0, 0.1) is 0 Å². The van der Waals surface area contributed by atoms with Gasteiger partial charge in [-0.15, -0.1) is 0 Å².